The SMILES string of the molecule is CN(C)c1ccc(Cl)cc1NS(=O)(=O)/C=C/c1ccc(Cl)cc1. The van der Waals surface area contributed by atoms with Gasteiger partial charge in [0, 0.05) is 24.1 Å². The van der Waals surface area contributed by atoms with Gasteiger partial charge in [-0.05, 0) is 42.0 Å². The van der Waals surface area contributed by atoms with Crippen LogP contribution in [0.3, 0.4) is 0 Å². The Bertz CT molecular complexity index is 816. The summed E-state index contributed by atoms with van der Waals surface area (Å²) in [5.41, 5.74) is 1.87. The van der Waals surface area contributed by atoms with Crippen molar-refractivity contribution in [2.75, 3.05) is 23.7 Å². The molecule has 0 spiro atoms. The number of nitrogens with one attached hydrogen (secondary N) is 1. The highest BCUT2D eigenvalue weighted by Gasteiger charge is 2.11. The van der Waals surface area contributed by atoms with Crippen LogP contribution < -0.4 is 9.62 Å². The maximum Gasteiger partial charge on any atom is 0.255 e. The van der Waals surface area contributed by atoms with Gasteiger partial charge < -0.3 is 4.90 Å². The molecule has 0 aliphatic heterocycles. The van der Waals surface area contributed by atoms with Crippen molar-refractivity contribution in [2.45, 2.75) is 0 Å². The van der Waals surface area contributed by atoms with E-state index in [0.29, 0.717) is 15.7 Å². The average molecular weight is 371 g/mol. The van der Waals surface area contributed by atoms with Gasteiger partial charge in [-0.1, -0.05) is 35.3 Å². The first-order valence-electron chi connectivity index (χ1n) is 6.70. The van der Waals surface area contributed by atoms with Crippen molar-refractivity contribution in [3.05, 3.63) is 63.5 Å². The summed E-state index contributed by atoms with van der Waals surface area (Å²) in [6, 6.07) is 11.9. The van der Waals surface area contributed by atoms with Gasteiger partial charge in [0.05, 0.1) is 16.8 Å². The van der Waals surface area contributed by atoms with Gasteiger partial charge >= 0.3 is 0 Å². The molecule has 0 unspecified atom stereocenters. The molecule has 2 aromatic rings. The molecular formula is C16H16Cl2N2O2S. The summed E-state index contributed by atoms with van der Waals surface area (Å²) in [4.78, 5) is 1.80. The summed E-state index contributed by atoms with van der Waals surface area (Å²) < 4.78 is 27.0. The quantitative estimate of drug-likeness (QED) is 0.844. The van der Waals surface area contributed by atoms with Crippen molar-refractivity contribution < 1.29 is 8.42 Å². The summed E-state index contributed by atoms with van der Waals surface area (Å²) in [6.07, 6.45) is 1.50. The average Bonchev–Trinajstić information content (AvgIpc) is 2.46. The van der Waals surface area contributed by atoms with Crippen molar-refractivity contribution >= 4 is 50.7 Å². The van der Waals surface area contributed by atoms with E-state index in [1.807, 2.05) is 14.1 Å². The minimum absolute atomic E-state index is 0.420. The molecule has 23 heavy (non-hydrogen) atoms. The number of nitrogens with zero attached hydrogens (tertiary/aromatic N) is 1. The van der Waals surface area contributed by atoms with Crippen molar-refractivity contribution in [3.8, 4) is 0 Å². The van der Waals surface area contributed by atoms with Crippen LogP contribution in [-0.2, 0) is 10.0 Å². The molecule has 0 atom stereocenters. The van der Waals surface area contributed by atoms with Gasteiger partial charge in [-0.25, -0.2) is 8.42 Å². The summed E-state index contributed by atoms with van der Waals surface area (Å²) in [6.45, 7) is 0. The van der Waals surface area contributed by atoms with E-state index in [-0.39, 0.29) is 0 Å². The fraction of sp³-hybridized carbons (Fsp3) is 0.125. The zero-order chi connectivity index (χ0) is 17.0. The summed E-state index contributed by atoms with van der Waals surface area (Å²) in [5, 5.41) is 2.16. The highest BCUT2D eigenvalue weighted by Crippen LogP contribution is 2.28. The van der Waals surface area contributed by atoms with Crippen LogP contribution in [0.15, 0.2) is 47.9 Å². The third kappa shape index (κ3) is 5.16. The highest BCUT2D eigenvalue weighted by atomic mass is 35.5. The predicted molar refractivity (Wildman–Crippen MR) is 98.8 cm³/mol. The lowest BCUT2D eigenvalue weighted by Crippen LogP contribution is -2.15. The van der Waals surface area contributed by atoms with Crippen LogP contribution in [0, 0.1) is 0 Å². The molecule has 0 saturated heterocycles. The first-order chi connectivity index (χ1) is 10.8. The van der Waals surface area contributed by atoms with Crippen LogP contribution in [0.1, 0.15) is 5.56 Å². The Labute approximate surface area is 146 Å². The normalized spacial score (nSPS) is 11.7. The summed E-state index contributed by atoms with van der Waals surface area (Å²) in [5.74, 6) is 0. The van der Waals surface area contributed by atoms with Crippen LogP contribution in [0.5, 0.6) is 0 Å². The molecule has 2 aromatic carbocycles. The van der Waals surface area contributed by atoms with Gasteiger partial charge in [0.15, 0.2) is 0 Å². The first-order valence-corrected chi connectivity index (χ1v) is 9.00. The fourth-order valence-electron chi connectivity index (χ4n) is 1.91. The lowest BCUT2D eigenvalue weighted by Gasteiger charge is -2.18. The molecule has 0 radical (unpaired) electrons. The van der Waals surface area contributed by atoms with Gasteiger partial charge in [-0.15, -0.1) is 0 Å². The molecule has 2 rings (SSSR count). The van der Waals surface area contributed by atoms with Crippen LogP contribution in [-0.4, -0.2) is 22.5 Å². The molecule has 0 aliphatic carbocycles. The third-order valence-corrected chi connectivity index (χ3v) is 4.49. The van der Waals surface area contributed by atoms with Gasteiger partial charge in [-0.2, -0.15) is 0 Å². The number of hydrogen-bond donors (Lipinski definition) is 1. The van der Waals surface area contributed by atoms with E-state index in [9.17, 15) is 8.42 Å². The third-order valence-electron chi connectivity index (χ3n) is 3.00. The van der Waals surface area contributed by atoms with Crippen molar-refractivity contribution in [1.82, 2.24) is 0 Å². The van der Waals surface area contributed by atoms with E-state index < -0.39 is 10.0 Å². The van der Waals surface area contributed by atoms with E-state index in [1.54, 1.807) is 47.4 Å². The molecule has 0 heterocycles. The van der Waals surface area contributed by atoms with E-state index in [1.165, 1.54) is 6.08 Å². The lowest BCUT2D eigenvalue weighted by molar-refractivity contribution is 0.609. The number of anilines is 2. The van der Waals surface area contributed by atoms with E-state index >= 15 is 0 Å². The van der Waals surface area contributed by atoms with E-state index in [0.717, 1.165) is 16.7 Å². The van der Waals surface area contributed by atoms with Crippen molar-refractivity contribution in [3.63, 3.8) is 0 Å². The first kappa shape index (κ1) is 17.7. The molecule has 0 amide bonds. The maximum atomic E-state index is 12.2. The molecule has 1 N–H and O–H groups in total. The molecule has 0 bridgehead atoms. The topological polar surface area (TPSA) is 49.4 Å². The van der Waals surface area contributed by atoms with Gasteiger partial charge in [0.2, 0.25) is 0 Å². The molecule has 0 aromatic heterocycles. The second kappa shape index (κ2) is 7.25. The van der Waals surface area contributed by atoms with E-state index in [4.69, 9.17) is 23.2 Å². The molecule has 122 valence electrons. The van der Waals surface area contributed by atoms with Crippen molar-refractivity contribution in [1.29, 1.82) is 0 Å². The van der Waals surface area contributed by atoms with Crippen LogP contribution in [0.25, 0.3) is 6.08 Å². The molecule has 4 nitrogen and oxygen atoms in total. The number of halogens is 2. The Kier molecular flexibility index (Phi) is 5.57. The minimum Gasteiger partial charge on any atom is -0.376 e. The molecule has 0 saturated carbocycles. The number of hydrogen-bond acceptors (Lipinski definition) is 3. The molecule has 0 aliphatic rings. The Morgan fingerprint density at radius 2 is 1.61 bits per heavy atom. The molecule has 0 fully saturated rings. The van der Waals surface area contributed by atoms with Gasteiger partial charge in [0.1, 0.15) is 0 Å². The Balaban J connectivity index is 2.24. The highest BCUT2D eigenvalue weighted by molar-refractivity contribution is 7.95. The summed E-state index contributed by atoms with van der Waals surface area (Å²) >= 11 is 11.8. The number of sulfonamides is 1. The lowest BCUT2D eigenvalue weighted by atomic mass is 10.2. The van der Waals surface area contributed by atoms with E-state index in [2.05, 4.69) is 4.72 Å². The zero-order valence-electron chi connectivity index (χ0n) is 12.6. The zero-order valence-corrected chi connectivity index (χ0v) is 15.0. The van der Waals surface area contributed by atoms with Crippen LogP contribution in [0.2, 0.25) is 10.0 Å². The van der Waals surface area contributed by atoms with Gasteiger partial charge in [-0.3, -0.25) is 4.72 Å². The fourth-order valence-corrected chi connectivity index (χ4v) is 3.08. The maximum absolute atomic E-state index is 12.2. The minimum atomic E-state index is -3.66. The number of rotatable bonds is 5. The second-order valence-corrected chi connectivity index (χ2v) is 7.50. The largest absolute Gasteiger partial charge is 0.376 e. The number of benzene rings is 2. The van der Waals surface area contributed by atoms with Crippen molar-refractivity contribution in [2.24, 2.45) is 0 Å². The smallest absolute Gasteiger partial charge is 0.255 e. The molecule has 7 heteroatoms. The standard InChI is InChI=1S/C16H16Cl2N2O2S/c1-20(2)16-8-7-14(18)11-15(16)19-23(21,22)10-9-12-3-5-13(17)6-4-12/h3-11,19H,1-2H3/b10-9+. The Morgan fingerprint density at radius 3 is 2.22 bits per heavy atom. The predicted octanol–water partition coefficient (Wildman–Crippen LogP) is 4.47. The van der Waals surface area contributed by atoms with Gasteiger partial charge in [0.25, 0.3) is 10.0 Å². The Hall–Kier alpha value is -1.69. The van der Waals surface area contributed by atoms with Crippen LogP contribution >= 0.6 is 23.2 Å². The summed E-state index contributed by atoms with van der Waals surface area (Å²) in [7, 11) is -0.0166. The second-order valence-electron chi connectivity index (χ2n) is 5.06. The molecular weight excluding hydrogens is 355 g/mol. The van der Waals surface area contributed by atoms with Crippen LogP contribution in [0.4, 0.5) is 11.4 Å². The Morgan fingerprint density at radius 1 is 1.00 bits per heavy atom. The monoisotopic (exact) mass is 370 g/mol.